The number of aliphatic hydroxyl groups is 1. The minimum atomic E-state index is 0.0479. The second kappa shape index (κ2) is 41.0. The van der Waals surface area contributed by atoms with Crippen molar-refractivity contribution in [3.05, 3.63) is 0 Å². The maximum Gasteiger partial charge on any atom is 0.308 e. The van der Waals surface area contributed by atoms with Gasteiger partial charge in [-0.25, -0.2) is 0 Å². The van der Waals surface area contributed by atoms with E-state index in [1.807, 2.05) is 0 Å². The van der Waals surface area contributed by atoms with Crippen molar-refractivity contribution in [1.82, 2.24) is 4.90 Å². The first kappa shape index (κ1) is 50.9. The van der Waals surface area contributed by atoms with Crippen LogP contribution < -0.4 is 0 Å². The summed E-state index contributed by atoms with van der Waals surface area (Å²) in [7, 11) is 0. The van der Waals surface area contributed by atoms with Gasteiger partial charge in [-0.1, -0.05) is 169 Å². The van der Waals surface area contributed by atoms with Gasteiger partial charge in [-0.05, 0) is 83.8 Å². The Kier molecular flexibility index (Phi) is 40.1. The number of rotatable bonds is 42. The highest BCUT2D eigenvalue weighted by molar-refractivity contribution is 5.72. The minimum absolute atomic E-state index is 0.0479. The Hall–Kier alpha value is -1.14. The largest absolute Gasteiger partial charge is 0.465 e. The molecule has 0 aromatic rings. The number of unbranched alkanes of at least 4 members (excludes halogenated alkanes) is 21. The van der Waals surface area contributed by atoms with Crippen molar-refractivity contribution in [3.63, 3.8) is 0 Å². The van der Waals surface area contributed by atoms with Gasteiger partial charge in [-0.3, -0.25) is 9.59 Å². The molecule has 52 heavy (non-hydrogen) atoms. The summed E-state index contributed by atoms with van der Waals surface area (Å²) in [6.45, 7) is 13.6. The molecular weight excluding hydrogens is 647 g/mol. The Bertz CT molecular complexity index is 734. The molecule has 0 rings (SSSR count). The summed E-state index contributed by atoms with van der Waals surface area (Å²) >= 11 is 0. The first-order valence-corrected chi connectivity index (χ1v) is 23.2. The molecule has 0 aromatic carbocycles. The number of nitrogens with zero attached hydrogens (tertiary/aromatic N) is 1. The third-order valence-corrected chi connectivity index (χ3v) is 10.9. The number of esters is 2. The maximum absolute atomic E-state index is 13.0. The zero-order valence-corrected chi connectivity index (χ0v) is 35.6. The summed E-state index contributed by atoms with van der Waals surface area (Å²) in [6.07, 6.45) is 36.8. The van der Waals surface area contributed by atoms with Crippen LogP contribution >= 0.6 is 0 Å². The number of hydrogen-bond acceptors (Lipinski definition) is 6. The van der Waals surface area contributed by atoms with Crippen molar-refractivity contribution in [2.24, 2.45) is 11.8 Å². The van der Waals surface area contributed by atoms with Crippen LogP contribution in [0.3, 0.4) is 0 Å². The molecule has 0 fully saturated rings. The molecule has 310 valence electrons. The Balaban J connectivity index is 4.33. The zero-order chi connectivity index (χ0) is 38.2. The second-order valence-electron chi connectivity index (χ2n) is 15.9. The molecule has 0 aliphatic rings. The van der Waals surface area contributed by atoms with Gasteiger partial charge in [-0.2, -0.15) is 0 Å². The van der Waals surface area contributed by atoms with Gasteiger partial charge in [0.2, 0.25) is 0 Å². The van der Waals surface area contributed by atoms with Crippen LogP contribution in [-0.4, -0.2) is 61.4 Å². The van der Waals surface area contributed by atoms with Gasteiger partial charge in [-0.15, -0.1) is 0 Å². The van der Waals surface area contributed by atoms with E-state index >= 15 is 0 Å². The molecule has 0 saturated carbocycles. The van der Waals surface area contributed by atoms with Gasteiger partial charge in [0, 0.05) is 6.61 Å². The van der Waals surface area contributed by atoms with Crippen LogP contribution in [0.4, 0.5) is 0 Å². The zero-order valence-electron chi connectivity index (χ0n) is 35.6. The number of hydrogen-bond donors (Lipinski definition) is 1. The first-order valence-electron chi connectivity index (χ1n) is 23.2. The summed E-state index contributed by atoms with van der Waals surface area (Å²) in [5, 5.41) is 9.30. The molecule has 0 radical (unpaired) electrons. The van der Waals surface area contributed by atoms with Crippen molar-refractivity contribution in [2.45, 2.75) is 233 Å². The summed E-state index contributed by atoms with van der Waals surface area (Å²) in [5.41, 5.74) is 0. The van der Waals surface area contributed by atoms with Crippen LogP contribution in [-0.2, 0) is 19.1 Å². The molecule has 1 unspecified atom stereocenters. The monoisotopic (exact) mass is 738 g/mol. The van der Waals surface area contributed by atoms with Gasteiger partial charge in [0.05, 0.1) is 25.0 Å². The topological polar surface area (TPSA) is 76.1 Å². The number of ether oxygens (including phenoxy) is 2. The third-order valence-electron chi connectivity index (χ3n) is 10.9. The predicted octanol–water partition coefficient (Wildman–Crippen LogP) is 13.2. The average Bonchev–Trinajstić information content (AvgIpc) is 3.15. The predicted molar refractivity (Wildman–Crippen MR) is 223 cm³/mol. The first-order chi connectivity index (χ1) is 25.5. The van der Waals surface area contributed by atoms with Crippen molar-refractivity contribution in [2.75, 3.05) is 39.5 Å². The molecule has 0 aromatic heterocycles. The van der Waals surface area contributed by atoms with Crippen LogP contribution in [0.2, 0.25) is 0 Å². The van der Waals surface area contributed by atoms with Gasteiger partial charge >= 0.3 is 11.9 Å². The molecule has 0 aliphatic heterocycles. The van der Waals surface area contributed by atoms with E-state index in [2.05, 4.69) is 32.6 Å². The average molecular weight is 738 g/mol. The lowest BCUT2D eigenvalue weighted by atomic mass is 9.94. The fourth-order valence-corrected chi connectivity index (χ4v) is 7.33. The Morgan fingerprint density at radius 2 is 0.692 bits per heavy atom. The SMILES string of the molecule is CCCCCCCCC(CCCCCC)C(=O)OCCCCCCN(CCCCO)CCCCCCOC(=O)C(CCCCCC)CCCCCC. The highest BCUT2D eigenvalue weighted by Crippen LogP contribution is 2.22. The number of carbonyl (C=O) groups is 2. The normalized spacial score (nSPS) is 12.2. The third kappa shape index (κ3) is 33.4. The fourth-order valence-electron chi connectivity index (χ4n) is 7.33. The molecule has 1 atom stereocenters. The highest BCUT2D eigenvalue weighted by atomic mass is 16.5. The summed E-state index contributed by atoms with van der Waals surface area (Å²) in [4.78, 5) is 28.4. The van der Waals surface area contributed by atoms with Crippen LogP contribution in [0.25, 0.3) is 0 Å². The molecule has 0 bridgehead atoms. The maximum atomic E-state index is 13.0. The Labute approximate surface area is 324 Å². The van der Waals surface area contributed by atoms with Crippen molar-refractivity contribution < 1.29 is 24.2 Å². The Morgan fingerprint density at radius 3 is 1.06 bits per heavy atom. The fraction of sp³-hybridized carbons (Fsp3) is 0.957. The molecule has 1 N–H and O–H groups in total. The molecule has 0 saturated heterocycles. The van der Waals surface area contributed by atoms with E-state index in [9.17, 15) is 14.7 Å². The second-order valence-corrected chi connectivity index (χ2v) is 15.9. The van der Waals surface area contributed by atoms with Gasteiger partial charge in [0.15, 0.2) is 0 Å². The number of aliphatic hydroxyl groups excluding tert-OH is 1. The minimum Gasteiger partial charge on any atom is -0.465 e. The number of carbonyl (C=O) groups excluding carboxylic acids is 2. The van der Waals surface area contributed by atoms with E-state index in [0.29, 0.717) is 13.2 Å². The van der Waals surface area contributed by atoms with Crippen molar-refractivity contribution in [3.8, 4) is 0 Å². The summed E-state index contributed by atoms with van der Waals surface area (Å²) in [5.74, 6) is 0.284. The molecule has 6 heteroatoms. The van der Waals surface area contributed by atoms with E-state index < -0.39 is 0 Å². The molecule has 6 nitrogen and oxygen atoms in total. The van der Waals surface area contributed by atoms with E-state index in [1.165, 1.54) is 103 Å². The lowest BCUT2D eigenvalue weighted by molar-refractivity contribution is -0.150. The smallest absolute Gasteiger partial charge is 0.308 e. The van der Waals surface area contributed by atoms with Gasteiger partial charge in [0.25, 0.3) is 0 Å². The van der Waals surface area contributed by atoms with E-state index in [0.717, 1.165) is 122 Å². The van der Waals surface area contributed by atoms with E-state index in [-0.39, 0.29) is 30.4 Å². The molecular formula is C46H91NO5. The van der Waals surface area contributed by atoms with Crippen LogP contribution in [0, 0.1) is 11.8 Å². The van der Waals surface area contributed by atoms with Crippen molar-refractivity contribution >= 4 is 11.9 Å². The highest BCUT2D eigenvalue weighted by Gasteiger charge is 2.20. The standard InChI is InChI=1S/C46H91NO5/c1-5-9-13-17-18-26-36-44(35-25-16-12-8-4)46(50)52-42-32-22-20-28-38-47(39-29-30-40-48)37-27-19-21-31-41-51-45(49)43(33-23-14-10-6-2)34-24-15-11-7-3/h43-44,48H,5-42H2,1-4H3. The van der Waals surface area contributed by atoms with Gasteiger partial charge < -0.3 is 19.5 Å². The Morgan fingerprint density at radius 1 is 0.404 bits per heavy atom. The van der Waals surface area contributed by atoms with E-state index in [1.54, 1.807) is 0 Å². The molecule has 0 spiro atoms. The summed E-state index contributed by atoms with van der Waals surface area (Å²) in [6, 6.07) is 0. The quantitative estimate of drug-likeness (QED) is 0.0496. The van der Waals surface area contributed by atoms with Crippen LogP contribution in [0.1, 0.15) is 233 Å². The van der Waals surface area contributed by atoms with Crippen LogP contribution in [0.5, 0.6) is 0 Å². The molecule has 0 amide bonds. The lowest BCUT2D eigenvalue weighted by Gasteiger charge is -2.22. The van der Waals surface area contributed by atoms with Crippen molar-refractivity contribution in [1.29, 1.82) is 0 Å². The van der Waals surface area contributed by atoms with E-state index in [4.69, 9.17) is 9.47 Å². The lowest BCUT2D eigenvalue weighted by Crippen LogP contribution is -2.27. The molecule has 0 aliphatic carbocycles. The van der Waals surface area contributed by atoms with Crippen LogP contribution in [0.15, 0.2) is 0 Å². The molecule has 0 heterocycles. The summed E-state index contributed by atoms with van der Waals surface area (Å²) < 4.78 is 11.6. The van der Waals surface area contributed by atoms with Gasteiger partial charge in [0.1, 0.15) is 0 Å².